The molecule has 38 heavy (non-hydrogen) atoms. The van der Waals surface area contributed by atoms with Crippen LogP contribution in [0.4, 0.5) is 19.0 Å². The molecule has 2 bridgehead atoms. The third kappa shape index (κ3) is 5.62. The van der Waals surface area contributed by atoms with Gasteiger partial charge in [0.15, 0.2) is 0 Å². The van der Waals surface area contributed by atoms with Gasteiger partial charge in [-0.25, -0.2) is 4.52 Å². The second-order valence-electron chi connectivity index (χ2n) is 9.41. The van der Waals surface area contributed by atoms with Crippen molar-refractivity contribution in [2.45, 2.75) is 54.2 Å². The first-order valence-electron chi connectivity index (χ1n) is 12.4. The van der Waals surface area contributed by atoms with Crippen LogP contribution in [0.5, 0.6) is 0 Å². The van der Waals surface area contributed by atoms with Crippen LogP contribution in [-0.2, 0) is 7.05 Å². The summed E-state index contributed by atoms with van der Waals surface area (Å²) in [4.78, 5) is 14.4. The molecule has 2 aliphatic rings. The lowest BCUT2D eigenvalue weighted by Crippen LogP contribution is -2.51. The number of aryl methyl sites for hydroxylation is 1. The van der Waals surface area contributed by atoms with Crippen LogP contribution >= 0.6 is 11.8 Å². The number of aliphatic hydroxyl groups is 1. The van der Waals surface area contributed by atoms with Gasteiger partial charge in [0.05, 0.1) is 35.3 Å². The van der Waals surface area contributed by atoms with Gasteiger partial charge < -0.3 is 15.7 Å². The van der Waals surface area contributed by atoms with E-state index in [1.54, 1.807) is 31.4 Å². The van der Waals surface area contributed by atoms with Crippen LogP contribution in [0, 0.1) is 11.8 Å². The van der Waals surface area contributed by atoms with Crippen molar-refractivity contribution >= 4 is 29.0 Å². The van der Waals surface area contributed by atoms with Crippen molar-refractivity contribution in [1.82, 2.24) is 29.6 Å². The van der Waals surface area contributed by atoms with Crippen LogP contribution < -0.4 is 10.6 Å². The summed E-state index contributed by atoms with van der Waals surface area (Å²) in [7, 11) is 1.69. The highest BCUT2D eigenvalue weighted by Gasteiger charge is 2.42. The summed E-state index contributed by atoms with van der Waals surface area (Å²) in [5, 5.41) is 24.0. The highest BCUT2D eigenvalue weighted by atomic mass is 32.2. The molecule has 5 rings (SSSR count). The number of aromatic nitrogens is 4. The minimum atomic E-state index is -4.52. The fraction of sp³-hybridized carbons (Fsp3) is 0.480. The van der Waals surface area contributed by atoms with E-state index in [-0.39, 0.29) is 53.5 Å². The Labute approximate surface area is 221 Å². The SMILES string of the molecule is Cn1cc(C(=O)NCC#Cc2nn3c(N[C@@H]4CC[C@@H]5CC[C@H]4N5CCO)cccc3c2SC(F)(F)F)cn1. The van der Waals surface area contributed by atoms with Crippen LogP contribution in [0.3, 0.4) is 0 Å². The molecule has 0 unspecified atom stereocenters. The number of piperidine rings is 1. The topological polar surface area (TPSA) is 99.7 Å². The molecule has 0 radical (unpaired) electrons. The van der Waals surface area contributed by atoms with Crippen molar-refractivity contribution in [2.75, 3.05) is 25.0 Å². The summed E-state index contributed by atoms with van der Waals surface area (Å²) >= 11 is -0.247. The number of fused-ring (bicyclic) bond motifs is 3. The third-order valence-electron chi connectivity index (χ3n) is 7.00. The predicted octanol–water partition coefficient (Wildman–Crippen LogP) is 2.86. The zero-order valence-corrected chi connectivity index (χ0v) is 21.5. The maximum absolute atomic E-state index is 13.5. The monoisotopic (exact) mass is 547 g/mol. The molecule has 2 saturated heterocycles. The number of hydrogen-bond donors (Lipinski definition) is 3. The number of halogens is 3. The first kappa shape index (κ1) is 26.4. The molecule has 5 heterocycles. The summed E-state index contributed by atoms with van der Waals surface area (Å²) in [5.74, 6) is 5.65. The Morgan fingerprint density at radius 1 is 1.26 bits per heavy atom. The number of carbonyl (C=O) groups excluding carboxylic acids is 1. The largest absolute Gasteiger partial charge is 0.446 e. The van der Waals surface area contributed by atoms with Crippen LogP contribution in [0.25, 0.3) is 5.52 Å². The molecule has 2 aliphatic heterocycles. The van der Waals surface area contributed by atoms with Gasteiger partial charge in [0.1, 0.15) is 11.5 Å². The summed E-state index contributed by atoms with van der Waals surface area (Å²) in [6, 6.07) is 5.90. The number of thioether (sulfide) groups is 1. The fourth-order valence-electron chi connectivity index (χ4n) is 5.44. The molecule has 2 fully saturated rings. The molecular formula is C25H28F3N7O2S. The van der Waals surface area contributed by atoms with E-state index in [0.29, 0.717) is 29.5 Å². The Balaban J connectivity index is 1.39. The number of nitrogens with one attached hydrogen (secondary N) is 2. The van der Waals surface area contributed by atoms with Gasteiger partial charge in [-0.2, -0.15) is 23.4 Å². The summed E-state index contributed by atoms with van der Waals surface area (Å²) in [6.07, 6.45) is 6.99. The zero-order valence-electron chi connectivity index (χ0n) is 20.7. The Bertz CT molecular complexity index is 1380. The summed E-state index contributed by atoms with van der Waals surface area (Å²) < 4.78 is 43.4. The molecule has 0 aromatic carbocycles. The number of nitrogens with zero attached hydrogens (tertiary/aromatic N) is 5. The standard InChI is InChI=1S/C25H28F3N7O2S/c1-33-15-16(14-30-33)24(37)29-11-3-4-19-23(38-25(26,27)28)21-5-2-6-22(35(21)32-19)31-18-9-7-17-8-10-20(18)34(17)12-13-36/h2,5-6,14-15,17-18,20,31,36H,7-13H2,1H3,(H,29,37)/t17-,18-,20-/m1/s1. The lowest BCUT2D eigenvalue weighted by Gasteiger charge is -2.40. The van der Waals surface area contributed by atoms with Crippen molar-refractivity contribution in [3.8, 4) is 11.8 Å². The number of rotatable bonds is 7. The summed E-state index contributed by atoms with van der Waals surface area (Å²) in [5.41, 5.74) is -3.87. The molecule has 0 aliphatic carbocycles. The van der Waals surface area contributed by atoms with Crippen molar-refractivity contribution in [2.24, 2.45) is 7.05 Å². The number of alkyl halides is 3. The Hall–Kier alpha value is -3.21. The number of anilines is 1. The molecule has 9 nitrogen and oxygen atoms in total. The molecule has 13 heteroatoms. The van der Waals surface area contributed by atoms with Crippen molar-refractivity contribution < 1.29 is 23.1 Å². The average molecular weight is 548 g/mol. The summed E-state index contributed by atoms with van der Waals surface area (Å²) in [6.45, 7) is 0.647. The second kappa shape index (κ2) is 10.9. The second-order valence-corrected chi connectivity index (χ2v) is 10.5. The van der Waals surface area contributed by atoms with Crippen molar-refractivity contribution in [3.05, 3.63) is 41.9 Å². The van der Waals surface area contributed by atoms with Gasteiger partial charge in [-0.05, 0) is 55.5 Å². The molecule has 3 aromatic heterocycles. The zero-order chi connectivity index (χ0) is 26.9. The lowest BCUT2D eigenvalue weighted by molar-refractivity contribution is -0.0327. The molecule has 0 saturated carbocycles. The molecule has 3 aromatic rings. The van der Waals surface area contributed by atoms with E-state index >= 15 is 0 Å². The van der Waals surface area contributed by atoms with Gasteiger partial charge in [-0.15, -0.1) is 0 Å². The van der Waals surface area contributed by atoms with E-state index in [0.717, 1.165) is 25.7 Å². The normalized spacial score (nSPS) is 21.3. The van der Waals surface area contributed by atoms with Crippen LogP contribution in [0.15, 0.2) is 35.5 Å². The third-order valence-corrected chi connectivity index (χ3v) is 7.84. The number of carbonyl (C=O) groups is 1. The number of aliphatic hydroxyl groups excluding tert-OH is 1. The Morgan fingerprint density at radius 2 is 2.08 bits per heavy atom. The van der Waals surface area contributed by atoms with E-state index in [1.165, 1.54) is 15.4 Å². The highest BCUT2D eigenvalue weighted by molar-refractivity contribution is 8.00. The number of pyridine rings is 1. The molecule has 3 N–H and O–H groups in total. The Morgan fingerprint density at radius 3 is 2.82 bits per heavy atom. The smallest absolute Gasteiger partial charge is 0.395 e. The molecule has 202 valence electrons. The van der Waals surface area contributed by atoms with Gasteiger partial charge in [-0.1, -0.05) is 12.0 Å². The van der Waals surface area contributed by atoms with Crippen LogP contribution in [0.2, 0.25) is 0 Å². The van der Waals surface area contributed by atoms with Gasteiger partial charge in [0.2, 0.25) is 0 Å². The number of amides is 1. The minimum absolute atomic E-state index is 0.0105. The van der Waals surface area contributed by atoms with E-state index in [9.17, 15) is 23.1 Å². The molecule has 1 amide bonds. The highest BCUT2D eigenvalue weighted by Crippen LogP contribution is 2.42. The van der Waals surface area contributed by atoms with Gasteiger partial charge in [-0.3, -0.25) is 14.4 Å². The van der Waals surface area contributed by atoms with Crippen LogP contribution in [0.1, 0.15) is 41.7 Å². The molecule has 0 spiro atoms. The van der Waals surface area contributed by atoms with E-state index in [2.05, 4.69) is 37.6 Å². The van der Waals surface area contributed by atoms with Crippen LogP contribution in [-0.4, -0.2) is 78.6 Å². The molecule has 3 atom stereocenters. The average Bonchev–Trinajstić information content (AvgIpc) is 3.53. The van der Waals surface area contributed by atoms with Gasteiger partial charge in [0, 0.05) is 37.9 Å². The first-order chi connectivity index (χ1) is 18.2. The predicted molar refractivity (Wildman–Crippen MR) is 137 cm³/mol. The molecular weight excluding hydrogens is 519 g/mol. The van der Waals surface area contributed by atoms with Crippen molar-refractivity contribution in [1.29, 1.82) is 0 Å². The Kier molecular flexibility index (Phi) is 7.56. The van der Waals surface area contributed by atoms with E-state index in [4.69, 9.17) is 0 Å². The van der Waals surface area contributed by atoms with E-state index in [1.807, 2.05) is 0 Å². The van der Waals surface area contributed by atoms with Gasteiger partial charge in [0.25, 0.3) is 5.91 Å². The maximum Gasteiger partial charge on any atom is 0.446 e. The number of hydrogen-bond acceptors (Lipinski definition) is 7. The van der Waals surface area contributed by atoms with Crippen molar-refractivity contribution in [3.63, 3.8) is 0 Å². The fourth-order valence-corrected chi connectivity index (χ4v) is 6.12. The quantitative estimate of drug-likeness (QED) is 0.309. The first-order valence-corrected chi connectivity index (χ1v) is 13.2. The minimum Gasteiger partial charge on any atom is -0.395 e. The maximum atomic E-state index is 13.5. The van der Waals surface area contributed by atoms with E-state index < -0.39 is 5.51 Å². The lowest BCUT2D eigenvalue weighted by atomic mass is 9.97. The van der Waals surface area contributed by atoms with Gasteiger partial charge >= 0.3 is 5.51 Å².